The van der Waals surface area contributed by atoms with E-state index in [2.05, 4.69) is 28.6 Å². The van der Waals surface area contributed by atoms with Crippen molar-refractivity contribution in [2.45, 2.75) is 70.9 Å². The lowest BCUT2D eigenvalue weighted by Gasteiger charge is -2.40. The molecule has 3 rings (SSSR count). The van der Waals surface area contributed by atoms with Crippen LogP contribution >= 0.6 is 0 Å². The maximum Gasteiger partial charge on any atom is 0.237 e. The normalized spacial score (nSPS) is 26.6. The number of aromatic nitrogens is 1. The van der Waals surface area contributed by atoms with Crippen LogP contribution in [0.25, 0.3) is 0 Å². The maximum absolute atomic E-state index is 13.9. The first-order valence-electron chi connectivity index (χ1n) is 15.0. The molecule has 1 aromatic heterocycles. The SMILES string of the molecule is CO[C@@H]1CN(C(C)=O)C[C@H](CC(C)C)N(C(=O)CN2CCN(Cc3ccccn3)CC2)CCCCOC[C@@H](O)[C@H]1O. The Morgan fingerprint density at radius 3 is 2.44 bits per heavy atom. The number of pyridine rings is 1. The predicted octanol–water partition coefficient (Wildman–Crippen LogP) is 0.838. The van der Waals surface area contributed by atoms with E-state index in [4.69, 9.17) is 9.47 Å². The Morgan fingerprint density at radius 1 is 1.07 bits per heavy atom. The zero-order chi connectivity index (χ0) is 29.8. The van der Waals surface area contributed by atoms with Gasteiger partial charge in [0.05, 0.1) is 18.8 Å². The highest BCUT2D eigenvalue weighted by Gasteiger charge is 2.33. The predicted molar refractivity (Wildman–Crippen MR) is 156 cm³/mol. The summed E-state index contributed by atoms with van der Waals surface area (Å²) in [4.78, 5) is 39.3. The number of hydrogen-bond acceptors (Lipinski definition) is 9. The molecule has 2 aliphatic heterocycles. The number of aliphatic hydroxyl groups is 2. The van der Waals surface area contributed by atoms with Crippen LogP contribution < -0.4 is 0 Å². The average Bonchev–Trinajstić information content (AvgIpc) is 2.94. The van der Waals surface area contributed by atoms with E-state index in [0.717, 1.165) is 57.7 Å². The Balaban J connectivity index is 1.71. The van der Waals surface area contributed by atoms with Gasteiger partial charge in [-0.05, 0) is 37.3 Å². The lowest BCUT2D eigenvalue weighted by molar-refractivity contribution is -0.143. The van der Waals surface area contributed by atoms with Gasteiger partial charge in [-0.15, -0.1) is 0 Å². The summed E-state index contributed by atoms with van der Waals surface area (Å²) in [7, 11) is 1.46. The van der Waals surface area contributed by atoms with Crippen molar-refractivity contribution in [1.82, 2.24) is 24.6 Å². The van der Waals surface area contributed by atoms with E-state index in [1.54, 1.807) is 4.90 Å². The van der Waals surface area contributed by atoms with Crippen molar-refractivity contribution in [3.8, 4) is 0 Å². The molecule has 0 unspecified atom stereocenters. The number of rotatable bonds is 7. The number of carbonyl (C=O) groups excluding carboxylic acids is 2. The summed E-state index contributed by atoms with van der Waals surface area (Å²) >= 11 is 0. The zero-order valence-electron chi connectivity index (χ0n) is 25.4. The molecule has 2 fully saturated rings. The summed E-state index contributed by atoms with van der Waals surface area (Å²) in [5, 5.41) is 21.1. The largest absolute Gasteiger partial charge is 0.388 e. The van der Waals surface area contributed by atoms with E-state index in [-0.39, 0.29) is 31.0 Å². The molecule has 0 bridgehead atoms. The first-order chi connectivity index (χ1) is 19.7. The van der Waals surface area contributed by atoms with Gasteiger partial charge >= 0.3 is 0 Å². The van der Waals surface area contributed by atoms with Gasteiger partial charge in [-0.25, -0.2) is 0 Å². The standard InChI is InChI=1S/C30H51N5O6/c1-23(2)17-26-19-34(24(3)36)20-28(40-4)30(39)27(37)22-41-16-8-7-11-35(26)29(38)21-33-14-12-32(13-15-33)18-25-9-5-6-10-31-25/h5-6,9-10,23,26-28,30,37,39H,7-8,11-22H2,1-4H3/t26-,27+,28+,30+/m0/s1. The lowest BCUT2D eigenvalue weighted by atomic mass is 10.00. The van der Waals surface area contributed by atoms with Crippen LogP contribution in [0.1, 0.15) is 45.7 Å². The molecule has 0 aromatic carbocycles. The average molecular weight is 578 g/mol. The fraction of sp³-hybridized carbons (Fsp3) is 0.767. The number of hydrogen-bond donors (Lipinski definition) is 2. The van der Waals surface area contributed by atoms with Gasteiger partial charge < -0.3 is 29.5 Å². The van der Waals surface area contributed by atoms with Crippen molar-refractivity contribution in [3.05, 3.63) is 30.1 Å². The Morgan fingerprint density at radius 2 is 1.80 bits per heavy atom. The molecular formula is C30H51N5O6. The number of amides is 2. The van der Waals surface area contributed by atoms with Crippen molar-refractivity contribution in [1.29, 1.82) is 0 Å². The van der Waals surface area contributed by atoms with E-state index in [1.165, 1.54) is 14.0 Å². The van der Waals surface area contributed by atoms with Gasteiger partial charge in [0.2, 0.25) is 11.8 Å². The molecule has 2 amide bonds. The first kappa shape index (κ1) is 33.4. The maximum atomic E-state index is 13.9. The summed E-state index contributed by atoms with van der Waals surface area (Å²) in [5.41, 5.74) is 1.05. The lowest BCUT2D eigenvalue weighted by Crippen LogP contribution is -2.55. The van der Waals surface area contributed by atoms with E-state index in [9.17, 15) is 19.8 Å². The molecule has 1 aromatic rings. The zero-order valence-corrected chi connectivity index (χ0v) is 25.4. The highest BCUT2D eigenvalue weighted by molar-refractivity contribution is 5.79. The van der Waals surface area contributed by atoms with Gasteiger partial charge in [-0.1, -0.05) is 19.9 Å². The van der Waals surface area contributed by atoms with Crippen molar-refractivity contribution in [3.63, 3.8) is 0 Å². The molecule has 3 heterocycles. The Bertz CT molecular complexity index is 914. The van der Waals surface area contributed by atoms with Crippen LogP contribution in [-0.4, -0.2) is 144 Å². The minimum Gasteiger partial charge on any atom is -0.388 e. The minimum atomic E-state index is -1.21. The topological polar surface area (TPSA) is 119 Å². The number of aliphatic hydroxyl groups excluding tert-OH is 2. The van der Waals surface area contributed by atoms with Gasteiger partial charge in [-0.2, -0.15) is 0 Å². The van der Waals surface area contributed by atoms with E-state index >= 15 is 0 Å². The van der Waals surface area contributed by atoms with E-state index < -0.39 is 18.3 Å². The summed E-state index contributed by atoms with van der Waals surface area (Å²) in [6.45, 7) is 11.7. The number of methoxy groups -OCH3 is 1. The molecule has 232 valence electrons. The third kappa shape index (κ3) is 10.9. The monoisotopic (exact) mass is 577 g/mol. The first-order valence-corrected chi connectivity index (χ1v) is 15.0. The van der Waals surface area contributed by atoms with Gasteiger partial charge in [0.1, 0.15) is 18.3 Å². The Kier molecular flexibility index (Phi) is 13.9. The van der Waals surface area contributed by atoms with Crippen LogP contribution in [0.3, 0.4) is 0 Å². The minimum absolute atomic E-state index is 0.0218. The molecule has 11 heteroatoms. The smallest absolute Gasteiger partial charge is 0.237 e. The fourth-order valence-electron chi connectivity index (χ4n) is 5.63. The third-order valence-corrected chi connectivity index (χ3v) is 8.02. The quantitative estimate of drug-likeness (QED) is 0.486. The van der Waals surface area contributed by atoms with E-state index in [0.29, 0.717) is 32.2 Å². The number of ether oxygens (including phenoxy) is 2. The highest BCUT2D eigenvalue weighted by atomic mass is 16.5. The molecule has 2 aliphatic rings. The number of carbonyl (C=O) groups is 2. The van der Waals surface area contributed by atoms with Gasteiger partial charge in [0.15, 0.2) is 0 Å². The van der Waals surface area contributed by atoms with Crippen molar-refractivity contribution < 1.29 is 29.3 Å². The molecule has 11 nitrogen and oxygen atoms in total. The van der Waals surface area contributed by atoms with Crippen molar-refractivity contribution in [2.24, 2.45) is 5.92 Å². The van der Waals surface area contributed by atoms with Crippen molar-refractivity contribution in [2.75, 3.05) is 72.7 Å². The van der Waals surface area contributed by atoms with Crippen LogP contribution in [0.15, 0.2) is 24.4 Å². The molecule has 0 saturated carbocycles. The summed E-state index contributed by atoms with van der Waals surface area (Å²) < 4.78 is 11.1. The van der Waals surface area contributed by atoms with Gasteiger partial charge in [0.25, 0.3) is 0 Å². The summed E-state index contributed by atoms with van der Waals surface area (Å²) in [6, 6.07) is 5.79. The summed E-state index contributed by atoms with van der Waals surface area (Å²) in [5.74, 6) is 0.221. The molecule has 4 atom stereocenters. The van der Waals surface area contributed by atoms with Crippen molar-refractivity contribution >= 4 is 11.8 Å². The second-order valence-electron chi connectivity index (χ2n) is 11.8. The Labute approximate surface area is 245 Å². The van der Waals surface area contributed by atoms with Crippen LogP contribution in [-0.2, 0) is 25.6 Å². The highest BCUT2D eigenvalue weighted by Crippen LogP contribution is 2.18. The fourth-order valence-corrected chi connectivity index (χ4v) is 5.63. The molecule has 0 radical (unpaired) electrons. The van der Waals surface area contributed by atoms with Crippen LogP contribution in [0.4, 0.5) is 0 Å². The molecule has 41 heavy (non-hydrogen) atoms. The van der Waals surface area contributed by atoms with Crippen LogP contribution in [0, 0.1) is 5.92 Å². The summed E-state index contributed by atoms with van der Waals surface area (Å²) in [6.07, 6.45) is 0.917. The van der Waals surface area contributed by atoms with Gasteiger partial charge in [0, 0.05) is 85.2 Å². The molecule has 2 N–H and O–H groups in total. The van der Waals surface area contributed by atoms with Gasteiger partial charge in [-0.3, -0.25) is 24.4 Å². The number of nitrogens with zero attached hydrogens (tertiary/aromatic N) is 5. The van der Waals surface area contributed by atoms with Crippen LogP contribution in [0.5, 0.6) is 0 Å². The second kappa shape index (κ2) is 17.1. The second-order valence-corrected chi connectivity index (χ2v) is 11.8. The molecule has 0 spiro atoms. The molecule has 2 saturated heterocycles. The molecule has 0 aliphatic carbocycles. The van der Waals surface area contributed by atoms with Crippen LogP contribution in [0.2, 0.25) is 0 Å². The number of piperazine rings is 1. The Hall–Kier alpha value is -2.15. The molecular weight excluding hydrogens is 526 g/mol. The third-order valence-electron chi connectivity index (χ3n) is 8.02. The van der Waals surface area contributed by atoms with E-state index in [1.807, 2.05) is 29.3 Å².